The monoisotopic (exact) mass is 760 g/mol. The molecule has 0 saturated carbocycles. The summed E-state index contributed by atoms with van der Waals surface area (Å²) in [5.41, 5.74) is 1.02. The van der Waals surface area contributed by atoms with E-state index < -0.39 is 30.4 Å². The second kappa shape index (κ2) is 17.7. The van der Waals surface area contributed by atoms with Crippen molar-refractivity contribution >= 4 is 82.8 Å². The molecule has 8 heteroatoms. The minimum absolute atomic E-state index is 0.511. The molecule has 4 nitrogen and oxygen atoms in total. The lowest BCUT2D eigenvalue weighted by atomic mass is 9.80. The summed E-state index contributed by atoms with van der Waals surface area (Å²) in [6.45, 7) is 0. The zero-order valence-corrected chi connectivity index (χ0v) is 32.9. The predicted molar refractivity (Wildman–Crippen MR) is 240 cm³/mol. The van der Waals surface area contributed by atoms with Crippen LogP contribution in [0.15, 0.2) is 231 Å². The van der Waals surface area contributed by atoms with Gasteiger partial charge in [0.15, 0.2) is 16.1 Å². The molecule has 0 spiro atoms. The largest absolute Gasteiger partial charge is 0.488 e. The molecule has 0 radical (unpaired) electrons. The van der Waals surface area contributed by atoms with Crippen molar-refractivity contribution in [3.8, 4) is 0 Å². The lowest BCUT2D eigenvalue weighted by molar-refractivity contribution is 0.424. The maximum Gasteiger partial charge on any atom is 0.488 e. The molecular weight excluding hydrogens is 718 g/mol. The summed E-state index contributed by atoms with van der Waals surface area (Å²) in [6.07, 6.45) is 0. The van der Waals surface area contributed by atoms with Crippen molar-refractivity contribution in [3.05, 3.63) is 231 Å². The van der Waals surface area contributed by atoms with E-state index >= 15 is 0 Å². The van der Waals surface area contributed by atoms with Gasteiger partial charge < -0.3 is 20.1 Å². The van der Waals surface area contributed by atoms with Crippen LogP contribution in [-0.4, -0.2) is 50.5 Å². The number of hydrogen-bond donors (Lipinski definition) is 4. The van der Waals surface area contributed by atoms with Crippen molar-refractivity contribution in [2.24, 2.45) is 0 Å². The summed E-state index contributed by atoms with van der Waals surface area (Å²) in [5, 5.41) is 49.0. The van der Waals surface area contributed by atoms with E-state index in [4.69, 9.17) is 0 Å². The first kappa shape index (κ1) is 38.4. The third-order valence-corrected chi connectivity index (χ3v) is 20.0. The molecule has 4 N–H and O–H groups in total. The van der Waals surface area contributed by atoms with Gasteiger partial charge in [0.05, 0.1) is 0 Å². The topological polar surface area (TPSA) is 80.9 Å². The van der Waals surface area contributed by atoms with Crippen LogP contribution < -0.4 is 52.4 Å². The first-order chi connectivity index (χ1) is 27.5. The zero-order chi connectivity index (χ0) is 38.8. The Morgan fingerprint density at radius 2 is 0.429 bits per heavy atom. The Kier molecular flexibility index (Phi) is 12.2. The average Bonchev–Trinajstić information content (AvgIpc) is 3.27. The fourth-order valence-corrected chi connectivity index (χ4v) is 17.6. The molecule has 0 heterocycles. The molecule has 56 heavy (non-hydrogen) atoms. The van der Waals surface area contributed by atoms with E-state index in [0.717, 1.165) is 10.4 Å². The lowest BCUT2D eigenvalue weighted by Crippen LogP contribution is -2.75. The third kappa shape index (κ3) is 7.67. The van der Waals surface area contributed by atoms with E-state index in [-0.39, 0.29) is 0 Å². The molecule has 0 aromatic heterocycles. The standard InChI is InChI=1S/2C24H21BO2Si/c2*26-25(27)20-11-10-18-24(19-20)28(21-12-4-1-5-13-21,22-14-6-2-7-15-22)23-16-8-3-9-17-23/h2*1-19,26-27H. The van der Waals surface area contributed by atoms with Crippen LogP contribution in [0.1, 0.15) is 0 Å². The molecule has 0 amide bonds. The van der Waals surface area contributed by atoms with Crippen molar-refractivity contribution in [3.63, 3.8) is 0 Å². The normalized spacial score (nSPS) is 11.2. The Hall–Kier alpha value is -5.84. The summed E-state index contributed by atoms with van der Waals surface area (Å²) in [6, 6.07) is 78.9. The lowest BCUT2D eigenvalue weighted by Gasteiger charge is -2.34. The molecule has 8 rings (SSSR count). The quantitative estimate of drug-likeness (QED) is 0.126. The van der Waals surface area contributed by atoms with Gasteiger partial charge in [-0.05, 0) is 52.4 Å². The highest BCUT2D eigenvalue weighted by molar-refractivity contribution is 7.20. The summed E-state index contributed by atoms with van der Waals surface area (Å²) < 4.78 is 0. The SMILES string of the molecule is OB(O)c1cccc([Si](c2ccccc2)(c2ccccc2)c2ccccc2)c1.OB(O)c1cccc([Si](c2ccccc2)(c2ccccc2)c2ccccc2)c1. The van der Waals surface area contributed by atoms with Gasteiger partial charge in [-0.25, -0.2) is 0 Å². The van der Waals surface area contributed by atoms with Gasteiger partial charge in [-0.1, -0.05) is 231 Å². The van der Waals surface area contributed by atoms with Crippen molar-refractivity contribution in [1.82, 2.24) is 0 Å². The Morgan fingerprint density at radius 1 is 0.232 bits per heavy atom. The number of rotatable bonds is 10. The minimum Gasteiger partial charge on any atom is -0.423 e. The highest BCUT2D eigenvalue weighted by Gasteiger charge is 2.43. The molecule has 0 unspecified atom stereocenters. The highest BCUT2D eigenvalue weighted by atomic mass is 28.3. The van der Waals surface area contributed by atoms with Crippen LogP contribution in [0.25, 0.3) is 0 Å². The Balaban J connectivity index is 0.000000172. The van der Waals surface area contributed by atoms with Crippen LogP contribution in [0, 0.1) is 0 Å². The smallest absolute Gasteiger partial charge is 0.423 e. The molecule has 8 aromatic rings. The van der Waals surface area contributed by atoms with Crippen molar-refractivity contribution in [2.45, 2.75) is 0 Å². The molecule has 0 saturated heterocycles. The number of hydrogen-bond acceptors (Lipinski definition) is 4. The summed E-state index contributed by atoms with van der Waals surface area (Å²) in [7, 11) is -8.18. The molecule has 0 fully saturated rings. The molecule has 0 aliphatic rings. The third-order valence-electron chi connectivity index (χ3n) is 10.5. The van der Waals surface area contributed by atoms with E-state index in [9.17, 15) is 20.1 Å². The van der Waals surface area contributed by atoms with Crippen LogP contribution in [-0.2, 0) is 0 Å². The van der Waals surface area contributed by atoms with E-state index in [1.807, 2.05) is 60.7 Å². The van der Waals surface area contributed by atoms with Crippen LogP contribution >= 0.6 is 0 Å². The second-order valence-electron chi connectivity index (χ2n) is 13.7. The first-order valence-electron chi connectivity index (χ1n) is 18.7. The summed E-state index contributed by atoms with van der Waals surface area (Å²) >= 11 is 0. The van der Waals surface area contributed by atoms with Crippen LogP contribution in [0.5, 0.6) is 0 Å². The van der Waals surface area contributed by atoms with Gasteiger partial charge in [0.2, 0.25) is 0 Å². The molecule has 8 aromatic carbocycles. The second-order valence-corrected chi connectivity index (χ2v) is 21.3. The Morgan fingerprint density at radius 3 is 0.625 bits per heavy atom. The predicted octanol–water partition coefficient (Wildman–Crippen LogP) is 1.49. The fourth-order valence-electron chi connectivity index (χ4n) is 7.99. The van der Waals surface area contributed by atoms with Crippen LogP contribution in [0.3, 0.4) is 0 Å². The van der Waals surface area contributed by atoms with Crippen LogP contribution in [0.4, 0.5) is 0 Å². The summed E-state index contributed by atoms with van der Waals surface area (Å²) in [5.74, 6) is 0. The average molecular weight is 761 g/mol. The molecule has 272 valence electrons. The zero-order valence-electron chi connectivity index (χ0n) is 30.9. The van der Waals surface area contributed by atoms with Crippen molar-refractivity contribution < 1.29 is 20.1 Å². The number of benzene rings is 8. The van der Waals surface area contributed by atoms with Gasteiger partial charge in [0, 0.05) is 0 Å². The van der Waals surface area contributed by atoms with Crippen LogP contribution in [0.2, 0.25) is 0 Å². The van der Waals surface area contributed by atoms with Gasteiger partial charge in [-0.3, -0.25) is 0 Å². The van der Waals surface area contributed by atoms with E-state index in [1.54, 1.807) is 12.1 Å². The fraction of sp³-hybridized carbons (Fsp3) is 0. The Labute approximate surface area is 332 Å². The Bertz CT molecular complexity index is 2060. The van der Waals surface area contributed by atoms with Gasteiger partial charge in [-0.15, -0.1) is 0 Å². The minimum atomic E-state index is -2.60. The van der Waals surface area contributed by atoms with E-state index in [0.29, 0.717) is 10.9 Å². The van der Waals surface area contributed by atoms with Gasteiger partial charge >= 0.3 is 14.2 Å². The van der Waals surface area contributed by atoms with Gasteiger partial charge in [0.25, 0.3) is 0 Å². The molecular formula is C48H42B2O4Si2. The molecule has 0 aliphatic carbocycles. The molecule has 0 atom stereocenters. The van der Waals surface area contributed by atoms with Gasteiger partial charge in [0.1, 0.15) is 0 Å². The maximum absolute atomic E-state index is 9.80. The highest BCUT2D eigenvalue weighted by Crippen LogP contribution is 2.11. The maximum atomic E-state index is 9.80. The van der Waals surface area contributed by atoms with Gasteiger partial charge in [-0.2, -0.15) is 0 Å². The first-order valence-corrected chi connectivity index (χ1v) is 22.7. The van der Waals surface area contributed by atoms with E-state index in [1.165, 1.54) is 31.1 Å². The van der Waals surface area contributed by atoms with Crippen molar-refractivity contribution in [2.75, 3.05) is 0 Å². The van der Waals surface area contributed by atoms with Crippen molar-refractivity contribution in [1.29, 1.82) is 0 Å². The van der Waals surface area contributed by atoms with E-state index in [2.05, 4.69) is 158 Å². The molecule has 0 aliphatic heterocycles. The molecule has 0 bridgehead atoms. The summed E-state index contributed by atoms with van der Waals surface area (Å²) in [4.78, 5) is 0.